The monoisotopic (exact) mass is 1090 g/mol. The molecular formula is C53H90O23. The first-order chi connectivity index (χ1) is 35.4. The van der Waals surface area contributed by atoms with Crippen LogP contribution in [0.2, 0.25) is 0 Å². The lowest BCUT2D eigenvalue weighted by Gasteiger charge is -2.65. The lowest BCUT2D eigenvalue weighted by Crippen LogP contribution is -2.65. The van der Waals surface area contributed by atoms with Crippen molar-refractivity contribution in [3.05, 3.63) is 0 Å². The van der Waals surface area contributed by atoms with Gasteiger partial charge < -0.3 is 114 Å². The van der Waals surface area contributed by atoms with Crippen LogP contribution < -0.4 is 0 Å². The maximum absolute atomic E-state index is 12.4. The van der Waals surface area contributed by atoms with E-state index in [1.807, 2.05) is 0 Å². The van der Waals surface area contributed by atoms with Gasteiger partial charge in [0.15, 0.2) is 25.2 Å². The first kappa shape index (κ1) is 59.7. The van der Waals surface area contributed by atoms with E-state index in [9.17, 15) is 76.6 Å². The highest BCUT2D eigenvalue weighted by Gasteiger charge is 2.85. The average molecular weight is 1100 g/mol. The molecule has 23 nitrogen and oxygen atoms in total. The number of ether oxygens (including phenoxy) is 8. The molecule has 9 aliphatic rings. The van der Waals surface area contributed by atoms with Gasteiger partial charge in [0.2, 0.25) is 0 Å². The molecule has 0 aromatic carbocycles. The minimum Gasteiger partial charge on any atom is -0.394 e. The van der Waals surface area contributed by atoms with E-state index in [0.29, 0.717) is 32.1 Å². The number of rotatable bonds is 15. The Hall–Kier alpha value is -0.920. The van der Waals surface area contributed by atoms with Crippen molar-refractivity contribution in [1.82, 2.24) is 0 Å². The van der Waals surface area contributed by atoms with Crippen molar-refractivity contribution in [2.45, 2.75) is 260 Å². The molecule has 0 aromatic rings. The molecule has 0 aromatic heterocycles. The van der Waals surface area contributed by atoms with E-state index in [-0.39, 0.29) is 47.5 Å². The number of fused-ring (bicyclic) bond motifs is 2. The van der Waals surface area contributed by atoms with E-state index < -0.39 is 176 Å². The maximum atomic E-state index is 12.4. The van der Waals surface area contributed by atoms with Gasteiger partial charge in [-0.3, -0.25) is 0 Å². The fourth-order valence-electron chi connectivity index (χ4n) is 17.2. The Morgan fingerprint density at radius 1 is 0.605 bits per heavy atom. The summed E-state index contributed by atoms with van der Waals surface area (Å²) >= 11 is 0. The summed E-state index contributed by atoms with van der Waals surface area (Å²) in [6.07, 6.45) is -26.0. The number of aliphatic hydroxyl groups is 15. The molecule has 5 saturated carbocycles. The molecule has 23 heteroatoms. The Morgan fingerprint density at radius 3 is 1.79 bits per heavy atom. The molecule has 440 valence electrons. The van der Waals surface area contributed by atoms with Gasteiger partial charge in [-0.05, 0) is 129 Å². The van der Waals surface area contributed by atoms with Crippen LogP contribution in [-0.4, -0.2) is 243 Å². The van der Waals surface area contributed by atoms with Gasteiger partial charge in [-0.2, -0.15) is 0 Å². The lowest BCUT2D eigenvalue weighted by molar-refractivity contribution is -0.366. The van der Waals surface area contributed by atoms with E-state index in [4.69, 9.17) is 37.9 Å². The van der Waals surface area contributed by atoms with Gasteiger partial charge in [0.25, 0.3) is 0 Å². The Labute approximate surface area is 443 Å². The van der Waals surface area contributed by atoms with E-state index in [1.54, 1.807) is 13.8 Å². The first-order valence-corrected chi connectivity index (χ1v) is 27.7. The zero-order valence-electron chi connectivity index (χ0n) is 45.0. The average Bonchev–Trinajstić information content (AvgIpc) is 4.01. The highest BCUT2D eigenvalue weighted by molar-refractivity contribution is 5.33. The Balaban J connectivity index is 0.988. The molecule has 31 atom stereocenters. The van der Waals surface area contributed by atoms with Gasteiger partial charge in [-0.1, -0.05) is 34.6 Å². The molecule has 9 fully saturated rings. The molecule has 76 heavy (non-hydrogen) atoms. The van der Waals surface area contributed by atoms with Gasteiger partial charge >= 0.3 is 0 Å². The molecule has 15 N–H and O–H groups in total. The normalized spacial score (nSPS) is 54.9. The Bertz CT molecular complexity index is 1990. The molecule has 0 amide bonds. The zero-order valence-corrected chi connectivity index (χ0v) is 45.0. The predicted octanol–water partition coefficient (Wildman–Crippen LogP) is -2.76. The summed E-state index contributed by atoms with van der Waals surface area (Å²) < 4.78 is 49.6. The van der Waals surface area contributed by atoms with Crippen LogP contribution in [0.3, 0.4) is 0 Å². The van der Waals surface area contributed by atoms with Crippen molar-refractivity contribution >= 4 is 0 Å². The zero-order chi connectivity index (χ0) is 55.7. The second kappa shape index (κ2) is 21.4. The molecule has 9 rings (SSSR count). The summed E-state index contributed by atoms with van der Waals surface area (Å²) in [5.74, 6) is -0.714. The highest BCUT2D eigenvalue weighted by atomic mass is 16.8. The molecule has 0 radical (unpaired) electrons. The second-order valence-electron chi connectivity index (χ2n) is 26.3. The summed E-state index contributed by atoms with van der Waals surface area (Å²) in [6.45, 7) is 13.7. The van der Waals surface area contributed by atoms with E-state index in [2.05, 4.69) is 34.6 Å². The SMILES string of the molecule is C[C@H](CC[C@H](O[C@@H]1O[C@H](CO)[C@@H](O)[C@H](O)[C@H]1O)C(C)(C)O)[C@H]1[C@@H](O)C[C@@]2(C)[C@@H]3C[C@H](O[C@@H]4O[C@H](CO)[C@@H](O)[C@H](O)[C@H]4O)[C@H]4C(C)(C)[C@@H](O[C@@H]5OC[C@@H](O)[C@H](O)[C@H]5O[C@@H]5O[C@@H](C)[C@H](O)[C@@H](O)[C@H]5O)CC[C@@]45C[C@@]35CC[C@]12C. The number of hydrogen-bond donors (Lipinski definition) is 15. The molecule has 5 aliphatic carbocycles. The summed E-state index contributed by atoms with van der Waals surface area (Å²) in [5, 5.41) is 163. The van der Waals surface area contributed by atoms with Gasteiger partial charge in [0.1, 0.15) is 85.5 Å². The topological polar surface area (TPSA) is 377 Å². The Morgan fingerprint density at radius 2 is 1.18 bits per heavy atom. The minimum atomic E-state index is -1.72. The van der Waals surface area contributed by atoms with E-state index in [1.165, 1.54) is 6.92 Å². The highest BCUT2D eigenvalue weighted by Crippen LogP contribution is 2.89. The lowest BCUT2D eigenvalue weighted by atomic mass is 9.41. The van der Waals surface area contributed by atoms with Gasteiger partial charge in [0, 0.05) is 0 Å². The smallest absolute Gasteiger partial charge is 0.187 e. The molecule has 4 aliphatic heterocycles. The van der Waals surface area contributed by atoms with Crippen LogP contribution >= 0.6 is 0 Å². The van der Waals surface area contributed by atoms with Crippen LogP contribution in [0.15, 0.2) is 0 Å². The van der Waals surface area contributed by atoms with Crippen LogP contribution in [0, 0.1) is 50.7 Å². The second-order valence-corrected chi connectivity index (χ2v) is 26.3. The standard InChI is InChI=1S/C53H90O23/c1-21(9-10-30(49(5,6)68)75-46-41(67)38(64)35(61)27(18-55)73-46)31-23(56)16-51(8)28-15-25(71-45-40(66)37(63)34(60)26(17-54)72-45)43-48(3,4)29(11-12-53(43)20-52(28,53)14-13-50(31,51)7)74-47-42(33(59)24(57)19-69-47)76-44-39(65)36(62)32(58)22(2)70-44/h21-47,54-68H,9-20H2,1-8H3/t21-,22+,23+,24-,25+,26-,27-,28+,29+,30+,31+,32+,33+,34-,35-,36-,37+,38+,39-,40-,41-,42-,43+,44+,45-,46+,47+,50-,51+,52+,53-/m1/s1. The number of hydrogen-bond acceptors (Lipinski definition) is 23. The van der Waals surface area contributed by atoms with Crippen LogP contribution in [0.1, 0.15) is 113 Å². The van der Waals surface area contributed by atoms with E-state index in [0.717, 1.165) is 19.3 Å². The summed E-state index contributed by atoms with van der Waals surface area (Å²) in [4.78, 5) is 0. The molecule has 4 saturated heterocycles. The molecule has 2 spiro atoms. The molecule has 0 bridgehead atoms. The van der Waals surface area contributed by atoms with Crippen molar-refractivity contribution in [3.63, 3.8) is 0 Å². The van der Waals surface area contributed by atoms with Crippen molar-refractivity contribution < 1.29 is 114 Å². The number of aliphatic hydroxyl groups excluding tert-OH is 14. The van der Waals surface area contributed by atoms with Crippen LogP contribution in [0.5, 0.6) is 0 Å². The van der Waals surface area contributed by atoms with E-state index >= 15 is 0 Å². The van der Waals surface area contributed by atoms with Crippen molar-refractivity contribution in [2.24, 2.45) is 50.7 Å². The minimum absolute atomic E-state index is 0.0436. The van der Waals surface area contributed by atoms with Crippen LogP contribution in [0.4, 0.5) is 0 Å². The van der Waals surface area contributed by atoms with Crippen molar-refractivity contribution in [2.75, 3.05) is 19.8 Å². The summed E-state index contributed by atoms with van der Waals surface area (Å²) in [7, 11) is 0. The third-order valence-corrected chi connectivity index (χ3v) is 21.4. The van der Waals surface area contributed by atoms with Crippen LogP contribution in [-0.2, 0) is 37.9 Å². The van der Waals surface area contributed by atoms with Gasteiger partial charge in [-0.25, -0.2) is 0 Å². The fourth-order valence-corrected chi connectivity index (χ4v) is 17.2. The summed E-state index contributed by atoms with van der Waals surface area (Å²) in [6, 6.07) is 0. The fraction of sp³-hybridized carbons (Fsp3) is 1.00. The van der Waals surface area contributed by atoms with Gasteiger partial charge in [-0.15, -0.1) is 0 Å². The summed E-state index contributed by atoms with van der Waals surface area (Å²) in [5.41, 5.74) is -3.77. The molecule has 0 unspecified atom stereocenters. The van der Waals surface area contributed by atoms with Crippen molar-refractivity contribution in [1.29, 1.82) is 0 Å². The Kier molecular flexibility index (Phi) is 16.8. The van der Waals surface area contributed by atoms with Gasteiger partial charge in [0.05, 0.1) is 55.9 Å². The van der Waals surface area contributed by atoms with Crippen LogP contribution in [0.25, 0.3) is 0 Å². The molecule has 4 heterocycles. The largest absolute Gasteiger partial charge is 0.394 e. The van der Waals surface area contributed by atoms with Crippen molar-refractivity contribution in [3.8, 4) is 0 Å². The predicted molar refractivity (Wildman–Crippen MR) is 259 cm³/mol. The third-order valence-electron chi connectivity index (χ3n) is 21.4. The maximum Gasteiger partial charge on any atom is 0.187 e. The first-order valence-electron chi connectivity index (χ1n) is 27.7. The molecular weight excluding hydrogens is 1000 g/mol. The third kappa shape index (κ3) is 9.58. The quantitative estimate of drug-likeness (QED) is 0.0739.